The number of hydrogen-bond acceptors (Lipinski definition) is 2. The lowest BCUT2D eigenvalue weighted by Crippen LogP contribution is -2.58. The van der Waals surface area contributed by atoms with Gasteiger partial charge < -0.3 is 14.9 Å². The van der Waals surface area contributed by atoms with Crippen LogP contribution in [0.5, 0.6) is 0 Å². The van der Waals surface area contributed by atoms with Crippen LogP contribution in [0.3, 0.4) is 0 Å². The third-order valence-corrected chi connectivity index (χ3v) is 3.82. The molecule has 2 aliphatic rings. The lowest BCUT2D eigenvalue weighted by atomic mass is 10.00. The summed E-state index contributed by atoms with van der Waals surface area (Å²) in [7, 11) is 0. The second-order valence-electron chi connectivity index (χ2n) is 5.37. The van der Waals surface area contributed by atoms with Gasteiger partial charge in [0, 0.05) is 25.7 Å². The third-order valence-electron chi connectivity index (χ3n) is 3.82. The molecule has 0 aliphatic carbocycles. The fourth-order valence-corrected chi connectivity index (χ4v) is 2.70. The van der Waals surface area contributed by atoms with Gasteiger partial charge in [-0.1, -0.05) is 13.8 Å². The van der Waals surface area contributed by atoms with E-state index in [1.54, 1.807) is 4.90 Å². The Bertz CT molecular complexity index is 324. The SMILES string of the molecule is CC(C)C1CCCN1C(=O)N1CC(C(=O)O)C1. The van der Waals surface area contributed by atoms with Gasteiger partial charge in [-0.25, -0.2) is 4.79 Å². The largest absolute Gasteiger partial charge is 0.481 e. The minimum absolute atomic E-state index is 0.0266. The molecule has 2 fully saturated rings. The van der Waals surface area contributed by atoms with E-state index in [9.17, 15) is 9.59 Å². The summed E-state index contributed by atoms with van der Waals surface area (Å²) in [6.45, 7) is 5.82. The second kappa shape index (κ2) is 4.55. The van der Waals surface area contributed by atoms with Gasteiger partial charge in [0.1, 0.15) is 0 Å². The average molecular weight is 240 g/mol. The first-order valence-corrected chi connectivity index (χ1v) is 6.29. The zero-order valence-corrected chi connectivity index (χ0v) is 10.4. The van der Waals surface area contributed by atoms with Gasteiger partial charge in [0.15, 0.2) is 0 Å². The molecule has 5 heteroatoms. The summed E-state index contributed by atoms with van der Waals surface area (Å²) < 4.78 is 0. The van der Waals surface area contributed by atoms with Crippen LogP contribution >= 0.6 is 0 Å². The molecule has 96 valence electrons. The highest BCUT2D eigenvalue weighted by Crippen LogP contribution is 2.27. The highest BCUT2D eigenvalue weighted by Gasteiger charge is 2.40. The number of aliphatic carboxylic acids is 1. The van der Waals surface area contributed by atoms with Crippen LogP contribution in [0.15, 0.2) is 0 Å². The number of carbonyl (C=O) groups is 2. The molecule has 0 aromatic rings. The standard InChI is InChI=1S/C12H20N2O3/c1-8(2)10-4-3-5-14(10)12(17)13-6-9(7-13)11(15)16/h8-10H,3-7H2,1-2H3,(H,15,16). The molecular formula is C12H20N2O3. The van der Waals surface area contributed by atoms with Crippen LogP contribution in [0.4, 0.5) is 4.79 Å². The Balaban J connectivity index is 1.91. The molecule has 5 nitrogen and oxygen atoms in total. The van der Waals surface area contributed by atoms with Gasteiger partial charge in [0.05, 0.1) is 5.92 Å². The maximum Gasteiger partial charge on any atom is 0.320 e. The van der Waals surface area contributed by atoms with Crippen LogP contribution in [0.1, 0.15) is 26.7 Å². The molecule has 2 aliphatic heterocycles. The predicted octanol–water partition coefficient (Wildman–Crippen LogP) is 1.24. The number of carbonyl (C=O) groups excluding carboxylic acids is 1. The van der Waals surface area contributed by atoms with E-state index >= 15 is 0 Å². The topological polar surface area (TPSA) is 60.9 Å². The number of hydrogen-bond donors (Lipinski definition) is 1. The molecule has 17 heavy (non-hydrogen) atoms. The molecule has 0 spiro atoms. The number of carboxylic acids is 1. The van der Waals surface area contributed by atoms with Crippen molar-refractivity contribution >= 4 is 12.0 Å². The summed E-state index contributed by atoms with van der Waals surface area (Å²) in [4.78, 5) is 26.4. The van der Waals surface area contributed by atoms with Crippen molar-refractivity contribution < 1.29 is 14.7 Å². The maximum absolute atomic E-state index is 12.2. The summed E-state index contributed by atoms with van der Waals surface area (Å²) >= 11 is 0. The van der Waals surface area contributed by atoms with Crippen molar-refractivity contribution in [3.8, 4) is 0 Å². The van der Waals surface area contributed by atoms with Crippen molar-refractivity contribution in [3.63, 3.8) is 0 Å². The van der Waals surface area contributed by atoms with Gasteiger partial charge in [-0.2, -0.15) is 0 Å². The summed E-state index contributed by atoms with van der Waals surface area (Å²) in [5.41, 5.74) is 0. The van der Waals surface area contributed by atoms with Crippen LogP contribution in [-0.4, -0.2) is 52.6 Å². The van der Waals surface area contributed by atoms with Crippen molar-refractivity contribution in [2.45, 2.75) is 32.7 Å². The molecule has 1 unspecified atom stereocenters. The fourth-order valence-electron chi connectivity index (χ4n) is 2.70. The molecule has 2 amide bonds. The van der Waals surface area contributed by atoms with Crippen molar-refractivity contribution in [1.29, 1.82) is 0 Å². The normalized spacial score (nSPS) is 25.2. The number of urea groups is 1. The lowest BCUT2D eigenvalue weighted by Gasteiger charge is -2.41. The number of nitrogens with zero attached hydrogens (tertiary/aromatic N) is 2. The molecule has 0 aromatic heterocycles. The van der Waals surface area contributed by atoms with Crippen LogP contribution in [0.2, 0.25) is 0 Å². The van der Waals surface area contributed by atoms with Gasteiger partial charge in [-0.3, -0.25) is 4.79 Å². The minimum atomic E-state index is -0.795. The molecule has 1 atom stereocenters. The first kappa shape index (κ1) is 12.2. The summed E-state index contributed by atoms with van der Waals surface area (Å²) in [5.74, 6) is -0.687. The summed E-state index contributed by atoms with van der Waals surface area (Å²) in [6.07, 6.45) is 2.13. The average Bonchev–Trinajstić information content (AvgIpc) is 2.62. The van der Waals surface area contributed by atoms with E-state index in [1.807, 2.05) is 4.90 Å². The Morgan fingerprint density at radius 3 is 2.47 bits per heavy atom. The van der Waals surface area contributed by atoms with E-state index in [0.29, 0.717) is 25.0 Å². The monoisotopic (exact) mass is 240 g/mol. The Kier molecular flexibility index (Phi) is 3.26. The van der Waals surface area contributed by atoms with E-state index in [-0.39, 0.29) is 11.9 Å². The van der Waals surface area contributed by atoms with Crippen molar-refractivity contribution in [3.05, 3.63) is 0 Å². The molecule has 1 N–H and O–H groups in total. The van der Waals surface area contributed by atoms with Gasteiger partial charge in [-0.15, -0.1) is 0 Å². The Hall–Kier alpha value is -1.26. The van der Waals surface area contributed by atoms with Crippen LogP contribution < -0.4 is 0 Å². The second-order valence-corrected chi connectivity index (χ2v) is 5.37. The Morgan fingerprint density at radius 1 is 1.29 bits per heavy atom. The van der Waals surface area contributed by atoms with E-state index in [1.165, 1.54) is 0 Å². The van der Waals surface area contributed by atoms with Crippen LogP contribution in [-0.2, 0) is 4.79 Å². The summed E-state index contributed by atoms with van der Waals surface area (Å²) in [6, 6.07) is 0.352. The molecule has 2 heterocycles. The smallest absolute Gasteiger partial charge is 0.320 e. The zero-order chi connectivity index (χ0) is 12.6. The van der Waals surface area contributed by atoms with Crippen molar-refractivity contribution in [2.75, 3.05) is 19.6 Å². The summed E-state index contributed by atoms with van der Waals surface area (Å²) in [5, 5.41) is 8.79. The van der Waals surface area contributed by atoms with Gasteiger partial charge in [0.2, 0.25) is 0 Å². The van der Waals surface area contributed by atoms with E-state index < -0.39 is 5.97 Å². The maximum atomic E-state index is 12.2. The molecule has 2 saturated heterocycles. The van der Waals surface area contributed by atoms with E-state index in [0.717, 1.165) is 19.4 Å². The number of amides is 2. The highest BCUT2D eigenvalue weighted by molar-refractivity contribution is 5.80. The fraction of sp³-hybridized carbons (Fsp3) is 0.833. The first-order chi connectivity index (χ1) is 8.00. The zero-order valence-electron chi connectivity index (χ0n) is 10.4. The molecule has 0 bridgehead atoms. The van der Waals surface area contributed by atoms with Crippen molar-refractivity contribution in [1.82, 2.24) is 9.80 Å². The predicted molar refractivity (Wildman–Crippen MR) is 62.7 cm³/mol. The van der Waals surface area contributed by atoms with Crippen LogP contribution in [0, 0.1) is 11.8 Å². The first-order valence-electron chi connectivity index (χ1n) is 6.29. The molecular weight excluding hydrogens is 220 g/mol. The Labute approximate surface area is 101 Å². The minimum Gasteiger partial charge on any atom is -0.481 e. The quantitative estimate of drug-likeness (QED) is 0.790. The van der Waals surface area contributed by atoms with E-state index in [2.05, 4.69) is 13.8 Å². The highest BCUT2D eigenvalue weighted by atomic mass is 16.4. The third kappa shape index (κ3) is 2.23. The Morgan fingerprint density at radius 2 is 1.94 bits per heavy atom. The lowest BCUT2D eigenvalue weighted by molar-refractivity contribution is -0.146. The van der Waals surface area contributed by atoms with Gasteiger partial charge in [0.25, 0.3) is 0 Å². The number of carboxylic acid groups (broad SMARTS) is 1. The molecule has 0 radical (unpaired) electrons. The van der Waals surface area contributed by atoms with Crippen molar-refractivity contribution in [2.24, 2.45) is 11.8 Å². The van der Waals surface area contributed by atoms with Crippen LogP contribution in [0.25, 0.3) is 0 Å². The molecule has 0 aromatic carbocycles. The number of rotatable bonds is 2. The molecule has 2 rings (SSSR count). The van der Waals surface area contributed by atoms with Gasteiger partial charge >= 0.3 is 12.0 Å². The molecule has 0 saturated carbocycles. The van der Waals surface area contributed by atoms with E-state index in [4.69, 9.17) is 5.11 Å². The number of likely N-dealkylation sites (tertiary alicyclic amines) is 2. The van der Waals surface area contributed by atoms with Gasteiger partial charge in [-0.05, 0) is 18.8 Å².